The summed E-state index contributed by atoms with van der Waals surface area (Å²) in [6, 6.07) is 14.2. The Labute approximate surface area is 182 Å². The van der Waals surface area contributed by atoms with Gasteiger partial charge in [0.25, 0.3) is 0 Å². The summed E-state index contributed by atoms with van der Waals surface area (Å²) in [5.41, 5.74) is 4.27. The zero-order valence-electron chi connectivity index (χ0n) is 15.3. The molecule has 1 aliphatic rings. The Kier molecular flexibility index (Phi) is 8.35. The largest absolute Gasteiger partial charge is 0.391 e. The highest BCUT2D eigenvalue weighted by molar-refractivity contribution is 6.30. The molecular weight excluding hydrogens is 417 g/mol. The molecule has 4 nitrogen and oxygen atoms in total. The molecule has 4 rings (SSSR count). The van der Waals surface area contributed by atoms with Gasteiger partial charge in [-0.1, -0.05) is 42.0 Å². The van der Waals surface area contributed by atoms with Crippen molar-refractivity contribution >= 4 is 47.4 Å². The maximum atomic E-state index is 10.0. The van der Waals surface area contributed by atoms with Crippen molar-refractivity contribution in [3.8, 4) is 11.1 Å². The van der Waals surface area contributed by atoms with Crippen LogP contribution in [0, 0.1) is 0 Å². The van der Waals surface area contributed by atoms with Crippen molar-refractivity contribution in [2.45, 2.75) is 31.5 Å². The van der Waals surface area contributed by atoms with Crippen LogP contribution in [0.3, 0.4) is 0 Å². The molecule has 2 atom stereocenters. The summed E-state index contributed by atoms with van der Waals surface area (Å²) in [6.07, 6.45) is 7.62. The van der Waals surface area contributed by atoms with Crippen LogP contribution in [0.25, 0.3) is 22.2 Å². The number of benzene rings is 2. The van der Waals surface area contributed by atoms with Crippen molar-refractivity contribution in [3.05, 3.63) is 66.0 Å². The Hall–Kier alpha value is -1.56. The number of aromatic nitrogens is 2. The summed E-state index contributed by atoms with van der Waals surface area (Å²) >= 11 is 6.12. The molecule has 1 aliphatic heterocycles. The number of hydrogen-bond acceptors (Lipinski definition) is 3. The Morgan fingerprint density at radius 2 is 2.00 bits per heavy atom. The second-order valence-electron chi connectivity index (χ2n) is 6.73. The summed E-state index contributed by atoms with van der Waals surface area (Å²) in [5.74, 6) is 0. The second-order valence-corrected chi connectivity index (χ2v) is 7.16. The average Bonchev–Trinajstić information content (AvgIpc) is 3.06. The third-order valence-electron chi connectivity index (χ3n) is 4.90. The third-order valence-corrected chi connectivity index (χ3v) is 5.13. The topological polar surface area (TPSA) is 50.1 Å². The van der Waals surface area contributed by atoms with Crippen LogP contribution in [0.2, 0.25) is 5.02 Å². The lowest BCUT2D eigenvalue weighted by Crippen LogP contribution is -2.43. The molecule has 0 radical (unpaired) electrons. The van der Waals surface area contributed by atoms with E-state index in [1.807, 2.05) is 30.6 Å². The van der Waals surface area contributed by atoms with Crippen molar-refractivity contribution in [3.63, 3.8) is 0 Å². The van der Waals surface area contributed by atoms with Gasteiger partial charge in [-0.15, -0.1) is 24.8 Å². The number of nitrogens with one attached hydrogen (secondary N) is 1. The predicted molar refractivity (Wildman–Crippen MR) is 121 cm³/mol. The molecule has 2 aromatic carbocycles. The van der Waals surface area contributed by atoms with Crippen molar-refractivity contribution < 1.29 is 5.11 Å². The van der Waals surface area contributed by atoms with Gasteiger partial charge < -0.3 is 15.0 Å². The van der Waals surface area contributed by atoms with Gasteiger partial charge in [0.1, 0.15) is 0 Å². The van der Waals surface area contributed by atoms with Gasteiger partial charge >= 0.3 is 0 Å². The van der Waals surface area contributed by atoms with Gasteiger partial charge in [0.15, 0.2) is 0 Å². The van der Waals surface area contributed by atoms with E-state index in [9.17, 15) is 5.11 Å². The van der Waals surface area contributed by atoms with Gasteiger partial charge in [0.2, 0.25) is 0 Å². The third kappa shape index (κ3) is 5.07. The quantitative estimate of drug-likeness (QED) is 0.569. The minimum absolute atomic E-state index is 0. The van der Waals surface area contributed by atoms with Gasteiger partial charge in [-0.2, -0.15) is 0 Å². The lowest BCUT2D eigenvalue weighted by Gasteiger charge is -2.26. The zero-order chi connectivity index (χ0) is 17.9. The van der Waals surface area contributed by atoms with E-state index >= 15 is 0 Å². The molecule has 0 spiro atoms. The van der Waals surface area contributed by atoms with Gasteiger partial charge in [0, 0.05) is 11.6 Å². The number of nitrogens with zero attached hydrogens (tertiary/aromatic N) is 2. The normalized spacial score (nSPS) is 19.4. The van der Waals surface area contributed by atoms with E-state index in [4.69, 9.17) is 11.6 Å². The molecule has 3 aromatic rings. The summed E-state index contributed by atoms with van der Waals surface area (Å²) in [7, 11) is 0. The fourth-order valence-electron chi connectivity index (χ4n) is 3.46. The van der Waals surface area contributed by atoms with E-state index in [-0.39, 0.29) is 37.0 Å². The highest BCUT2D eigenvalue weighted by atomic mass is 35.5. The SMILES string of the molecule is Cl.Cl.O[C@H]1CCCN[C@@H]1/C=C/Cn1cnc2ccc(-c3cccc(Cl)c3)cc21. The fourth-order valence-corrected chi connectivity index (χ4v) is 3.65. The van der Waals surface area contributed by atoms with Gasteiger partial charge in [-0.05, 0) is 54.8 Å². The van der Waals surface area contributed by atoms with Crippen LogP contribution in [0.5, 0.6) is 0 Å². The van der Waals surface area contributed by atoms with Crippen LogP contribution < -0.4 is 5.32 Å². The number of fused-ring (bicyclic) bond motifs is 1. The summed E-state index contributed by atoms with van der Waals surface area (Å²) < 4.78 is 2.12. The molecule has 1 fully saturated rings. The molecular formula is C21H24Cl3N3O. The molecule has 28 heavy (non-hydrogen) atoms. The second kappa shape index (κ2) is 10.3. The number of rotatable bonds is 4. The van der Waals surface area contributed by atoms with Crippen molar-refractivity contribution in [1.82, 2.24) is 14.9 Å². The minimum Gasteiger partial charge on any atom is -0.391 e. The van der Waals surface area contributed by atoms with Crippen LogP contribution in [0.15, 0.2) is 60.9 Å². The maximum Gasteiger partial charge on any atom is 0.0961 e. The number of hydrogen-bond donors (Lipinski definition) is 2. The van der Waals surface area contributed by atoms with Crippen LogP contribution in [-0.2, 0) is 6.54 Å². The molecule has 1 saturated heterocycles. The van der Waals surface area contributed by atoms with Crippen LogP contribution in [0.4, 0.5) is 0 Å². The summed E-state index contributed by atoms with van der Waals surface area (Å²) in [6.45, 7) is 1.68. The lowest BCUT2D eigenvalue weighted by molar-refractivity contribution is 0.115. The van der Waals surface area contributed by atoms with Gasteiger partial charge in [0.05, 0.1) is 29.5 Å². The van der Waals surface area contributed by atoms with E-state index < -0.39 is 0 Å². The zero-order valence-corrected chi connectivity index (χ0v) is 17.7. The Morgan fingerprint density at radius 3 is 2.79 bits per heavy atom. The molecule has 0 bridgehead atoms. The number of aliphatic hydroxyl groups excluding tert-OH is 1. The first-order valence-electron chi connectivity index (χ1n) is 9.00. The van der Waals surface area contributed by atoms with Crippen LogP contribution in [0.1, 0.15) is 12.8 Å². The van der Waals surface area contributed by atoms with Crippen molar-refractivity contribution in [2.75, 3.05) is 6.54 Å². The van der Waals surface area contributed by atoms with E-state index in [2.05, 4.69) is 45.2 Å². The van der Waals surface area contributed by atoms with E-state index in [1.54, 1.807) is 0 Å². The Balaban J connectivity index is 0.00000140. The molecule has 0 amide bonds. The first-order valence-corrected chi connectivity index (χ1v) is 9.37. The molecule has 2 heterocycles. The first kappa shape index (κ1) is 22.7. The predicted octanol–water partition coefficient (Wildman–Crippen LogP) is 4.87. The Bertz CT molecular complexity index is 942. The molecule has 0 saturated carbocycles. The van der Waals surface area contributed by atoms with E-state index in [0.29, 0.717) is 0 Å². The Morgan fingerprint density at radius 1 is 1.18 bits per heavy atom. The standard InChI is InChI=1S/C21H22ClN3O.2ClH/c22-17-5-1-4-15(12-17)16-8-9-18-20(13-16)25(14-24-18)11-3-6-19-21(26)7-2-10-23-19;;/h1,3-6,8-9,12-14,19,21,23,26H,2,7,10-11H2;2*1H/b6-3+;;/t19-,21+;;/m1../s1. The lowest BCUT2D eigenvalue weighted by atomic mass is 10.0. The maximum absolute atomic E-state index is 10.0. The minimum atomic E-state index is -0.297. The average molecular weight is 441 g/mol. The van der Waals surface area contributed by atoms with Gasteiger partial charge in [-0.25, -0.2) is 4.98 Å². The molecule has 150 valence electrons. The molecule has 0 aliphatic carbocycles. The highest BCUT2D eigenvalue weighted by Gasteiger charge is 2.19. The molecule has 7 heteroatoms. The number of imidazole rings is 1. The number of allylic oxidation sites excluding steroid dienone is 1. The summed E-state index contributed by atoms with van der Waals surface area (Å²) in [4.78, 5) is 4.49. The molecule has 2 N–H and O–H groups in total. The van der Waals surface area contributed by atoms with Crippen LogP contribution >= 0.6 is 36.4 Å². The number of aliphatic hydroxyl groups is 1. The van der Waals surface area contributed by atoms with Crippen molar-refractivity contribution in [2.24, 2.45) is 0 Å². The monoisotopic (exact) mass is 439 g/mol. The summed E-state index contributed by atoms with van der Waals surface area (Å²) in [5, 5.41) is 14.1. The van der Waals surface area contributed by atoms with E-state index in [1.165, 1.54) is 0 Å². The first-order chi connectivity index (χ1) is 12.7. The van der Waals surface area contributed by atoms with E-state index in [0.717, 1.165) is 53.1 Å². The van der Waals surface area contributed by atoms with Crippen LogP contribution in [-0.4, -0.2) is 33.3 Å². The molecule has 0 unspecified atom stereocenters. The number of halogens is 3. The fraction of sp³-hybridized carbons (Fsp3) is 0.286. The van der Waals surface area contributed by atoms with Gasteiger partial charge in [-0.3, -0.25) is 0 Å². The molecule has 1 aromatic heterocycles. The number of piperidine rings is 1. The smallest absolute Gasteiger partial charge is 0.0961 e. The van der Waals surface area contributed by atoms with Crippen molar-refractivity contribution in [1.29, 1.82) is 0 Å². The highest BCUT2D eigenvalue weighted by Crippen LogP contribution is 2.26.